The van der Waals surface area contributed by atoms with Gasteiger partial charge < -0.3 is 0 Å². The maximum Gasteiger partial charge on any atom is 0.154 e. The first-order chi connectivity index (χ1) is 14.2. The minimum atomic E-state index is 0.243. The molecule has 0 N–H and O–H groups in total. The number of benzene rings is 5. The van der Waals surface area contributed by atoms with Crippen molar-refractivity contribution >= 4 is 32.4 Å². The molecule has 140 valence electrons. The van der Waals surface area contributed by atoms with Crippen molar-refractivity contribution in [3.8, 4) is 22.3 Å². The van der Waals surface area contributed by atoms with Crippen LogP contribution in [0.2, 0.25) is 0 Å². The summed E-state index contributed by atoms with van der Waals surface area (Å²) in [5.41, 5.74) is 5.19. The lowest BCUT2D eigenvalue weighted by Crippen LogP contribution is -1.95. The van der Waals surface area contributed by atoms with Gasteiger partial charge in [-0.3, -0.25) is 0 Å². The Hall–Kier alpha value is -3.03. The molecule has 0 nitrogen and oxygen atoms in total. The van der Waals surface area contributed by atoms with Gasteiger partial charge in [0, 0.05) is 17.0 Å². The molecule has 5 aromatic carbocycles. The molecule has 0 radical (unpaired) electrons. The first kappa shape index (κ1) is 18.0. The third-order valence-corrected chi connectivity index (χ3v) is 6.80. The van der Waals surface area contributed by atoms with Gasteiger partial charge in [0.25, 0.3) is 0 Å². The van der Waals surface area contributed by atoms with E-state index in [1.54, 1.807) is 0 Å². The van der Waals surface area contributed by atoms with E-state index in [0.717, 1.165) is 0 Å². The van der Waals surface area contributed by atoms with Crippen molar-refractivity contribution in [2.75, 3.05) is 12.5 Å². The Morgan fingerprint density at radius 3 is 1.93 bits per heavy atom. The van der Waals surface area contributed by atoms with Crippen molar-refractivity contribution in [3.63, 3.8) is 0 Å². The van der Waals surface area contributed by atoms with E-state index in [4.69, 9.17) is 0 Å². The van der Waals surface area contributed by atoms with E-state index >= 15 is 0 Å². The summed E-state index contributed by atoms with van der Waals surface area (Å²) in [6.07, 6.45) is 4.56. The molecule has 0 saturated heterocycles. The number of hydrogen-bond acceptors (Lipinski definition) is 0. The molecule has 0 heterocycles. The Labute approximate surface area is 175 Å². The standard InChI is InChI=1S/C28H23S/c1-29(2)23-14-5-13-22(19-23)25-16-7-11-21-12-8-18-27(28(21)25)26-17-6-10-20-9-3-4-15-24(20)26/h3-19H,1-2H3/q+1. The van der Waals surface area contributed by atoms with Crippen LogP contribution in [0, 0.1) is 0 Å². The summed E-state index contributed by atoms with van der Waals surface area (Å²) in [4.78, 5) is 1.40. The Morgan fingerprint density at radius 1 is 0.517 bits per heavy atom. The number of fused-ring (bicyclic) bond motifs is 2. The largest absolute Gasteiger partial charge is 0.154 e. The van der Waals surface area contributed by atoms with E-state index in [-0.39, 0.29) is 10.9 Å². The third kappa shape index (κ3) is 3.22. The highest BCUT2D eigenvalue weighted by Crippen LogP contribution is 2.39. The first-order valence-corrected chi connectivity index (χ1v) is 11.9. The predicted molar refractivity (Wildman–Crippen MR) is 130 cm³/mol. The quantitative estimate of drug-likeness (QED) is 0.278. The van der Waals surface area contributed by atoms with Crippen molar-refractivity contribution < 1.29 is 0 Å². The van der Waals surface area contributed by atoms with E-state index in [1.807, 2.05) is 0 Å². The minimum absolute atomic E-state index is 0.243. The molecule has 0 atom stereocenters. The lowest BCUT2D eigenvalue weighted by Gasteiger charge is -2.14. The zero-order valence-corrected chi connectivity index (χ0v) is 17.5. The van der Waals surface area contributed by atoms with Crippen LogP contribution in [0.4, 0.5) is 0 Å². The molecule has 0 aliphatic rings. The predicted octanol–water partition coefficient (Wildman–Crippen LogP) is 7.56. The van der Waals surface area contributed by atoms with Crippen LogP contribution in [0.5, 0.6) is 0 Å². The molecule has 0 aromatic heterocycles. The molecular formula is C28H23S+. The van der Waals surface area contributed by atoms with E-state index in [0.29, 0.717) is 0 Å². The minimum Gasteiger partial charge on any atom is -0.0616 e. The van der Waals surface area contributed by atoms with Gasteiger partial charge in [0.2, 0.25) is 0 Å². The zero-order chi connectivity index (χ0) is 19.8. The van der Waals surface area contributed by atoms with Crippen molar-refractivity contribution in [3.05, 3.63) is 103 Å². The molecule has 0 saturated carbocycles. The second kappa shape index (κ2) is 7.42. The molecule has 0 bridgehead atoms. The summed E-state index contributed by atoms with van der Waals surface area (Å²) in [5.74, 6) is 0. The van der Waals surface area contributed by atoms with Gasteiger partial charge >= 0.3 is 0 Å². The Balaban J connectivity index is 1.84. The smallest absolute Gasteiger partial charge is 0.0616 e. The van der Waals surface area contributed by atoms with Gasteiger partial charge in [-0.25, -0.2) is 0 Å². The van der Waals surface area contributed by atoms with Crippen LogP contribution in [0.3, 0.4) is 0 Å². The highest BCUT2D eigenvalue weighted by atomic mass is 32.2. The molecule has 0 spiro atoms. The Bertz CT molecular complexity index is 1320. The van der Waals surface area contributed by atoms with E-state index in [9.17, 15) is 0 Å². The summed E-state index contributed by atoms with van der Waals surface area (Å²) >= 11 is 0. The van der Waals surface area contributed by atoms with Crippen molar-refractivity contribution in [2.24, 2.45) is 0 Å². The molecule has 0 unspecified atom stereocenters. The molecule has 0 fully saturated rings. The maximum atomic E-state index is 2.36. The van der Waals surface area contributed by atoms with Crippen LogP contribution in [0.1, 0.15) is 0 Å². The molecular weight excluding hydrogens is 368 g/mol. The van der Waals surface area contributed by atoms with Crippen LogP contribution in [-0.2, 0) is 10.9 Å². The normalized spacial score (nSPS) is 11.4. The van der Waals surface area contributed by atoms with Gasteiger partial charge in [-0.05, 0) is 49.9 Å². The van der Waals surface area contributed by atoms with E-state index in [2.05, 4.69) is 116 Å². The van der Waals surface area contributed by atoms with Crippen LogP contribution < -0.4 is 0 Å². The van der Waals surface area contributed by atoms with Crippen molar-refractivity contribution in [1.82, 2.24) is 0 Å². The fourth-order valence-corrected chi connectivity index (χ4v) is 4.90. The SMILES string of the molecule is C[S+](C)c1cccc(-c2cccc3cccc(-c4cccc5ccccc45)c23)c1. The van der Waals surface area contributed by atoms with Crippen molar-refractivity contribution in [2.45, 2.75) is 4.90 Å². The summed E-state index contributed by atoms with van der Waals surface area (Å²) in [6, 6.07) is 37.6. The summed E-state index contributed by atoms with van der Waals surface area (Å²) in [7, 11) is 0.243. The molecule has 0 aliphatic carbocycles. The van der Waals surface area contributed by atoms with Crippen LogP contribution >= 0.6 is 0 Å². The van der Waals surface area contributed by atoms with Gasteiger partial charge in [0.15, 0.2) is 4.90 Å². The molecule has 0 amide bonds. The Kier molecular flexibility index (Phi) is 4.61. The fraction of sp³-hybridized carbons (Fsp3) is 0.0714. The average Bonchev–Trinajstić information content (AvgIpc) is 2.78. The topological polar surface area (TPSA) is 0 Å². The molecule has 0 aliphatic heterocycles. The number of rotatable bonds is 3. The second-order valence-electron chi connectivity index (χ2n) is 7.58. The maximum absolute atomic E-state index is 2.36. The lowest BCUT2D eigenvalue weighted by atomic mass is 9.89. The summed E-state index contributed by atoms with van der Waals surface area (Å²) in [5, 5.41) is 5.19. The fourth-order valence-electron chi connectivity index (χ4n) is 4.18. The van der Waals surface area contributed by atoms with Crippen LogP contribution in [0.15, 0.2) is 108 Å². The van der Waals surface area contributed by atoms with Crippen LogP contribution in [-0.4, -0.2) is 12.5 Å². The highest BCUT2D eigenvalue weighted by molar-refractivity contribution is 7.95. The third-order valence-electron chi connectivity index (χ3n) is 5.60. The van der Waals surface area contributed by atoms with E-state index < -0.39 is 0 Å². The van der Waals surface area contributed by atoms with Gasteiger partial charge in [-0.2, -0.15) is 0 Å². The first-order valence-electron chi connectivity index (χ1n) is 9.90. The van der Waals surface area contributed by atoms with Gasteiger partial charge in [-0.1, -0.05) is 91.0 Å². The monoisotopic (exact) mass is 391 g/mol. The average molecular weight is 392 g/mol. The molecule has 5 rings (SSSR count). The molecule has 5 aromatic rings. The van der Waals surface area contributed by atoms with Crippen molar-refractivity contribution in [1.29, 1.82) is 0 Å². The van der Waals surface area contributed by atoms with Gasteiger partial charge in [0.05, 0.1) is 0 Å². The number of hydrogen-bond donors (Lipinski definition) is 0. The highest BCUT2D eigenvalue weighted by Gasteiger charge is 2.14. The summed E-state index contributed by atoms with van der Waals surface area (Å²) < 4.78 is 0. The molecule has 1 heteroatoms. The molecule has 29 heavy (non-hydrogen) atoms. The summed E-state index contributed by atoms with van der Waals surface area (Å²) in [6.45, 7) is 0. The lowest BCUT2D eigenvalue weighted by molar-refractivity contribution is 1.45. The Morgan fingerprint density at radius 2 is 1.14 bits per heavy atom. The van der Waals surface area contributed by atoms with Gasteiger partial charge in [0.1, 0.15) is 12.5 Å². The zero-order valence-electron chi connectivity index (χ0n) is 16.7. The van der Waals surface area contributed by atoms with E-state index in [1.165, 1.54) is 48.7 Å². The second-order valence-corrected chi connectivity index (χ2v) is 9.68. The van der Waals surface area contributed by atoms with Crippen LogP contribution in [0.25, 0.3) is 43.8 Å². The van der Waals surface area contributed by atoms with Gasteiger partial charge in [-0.15, -0.1) is 0 Å².